The summed E-state index contributed by atoms with van der Waals surface area (Å²) in [7, 11) is 0. The topological polar surface area (TPSA) is 39.6 Å². The minimum Gasteiger partial charge on any atom is -0.396 e. The van der Waals surface area contributed by atoms with E-state index in [4.69, 9.17) is 10.1 Å². The van der Waals surface area contributed by atoms with Crippen molar-refractivity contribution < 1.29 is 5.11 Å². The largest absolute Gasteiger partial charge is 0.396 e. The molecule has 3 aliphatic rings. The fraction of sp³-hybridized carbons (Fsp3) is 0.621. The van der Waals surface area contributed by atoms with Gasteiger partial charge in [-0.25, -0.2) is 4.98 Å². The molecule has 4 rings (SSSR count). The number of piperazine rings is 1. The Morgan fingerprint density at radius 3 is 2.39 bits per heavy atom. The first kappa shape index (κ1) is 24.0. The molecule has 0 bridgehead atoms. The number of aliphatic hydroxyl groups is 1. The second-order valence-corrected chi connectivity index (χ2v) is 11.2. The van der Waals surface area contributed by atoms with Gasteiger partial charge in [0.15, 0.2) is 0 Å². The predicted octanol–water partition coefficient (Wildman–Crippen LogP) is 5.61. The molecule has 1 saturated carbocycles. The number of anilines is 1. The zero-order valence-corrected chi connectivity index (χ0v) is 21.1. The molecule has 0 spiro atoms. The van der Waals surface area contributed by atoms with Gasteiger partial charge >= 0.3 is 0 Å². The van der Waals surface area contributed by atoms with Gasteiger partial charge in [0.25, 0.3) is 0 Å². The number of hydrogen-bond acceptors (Lipinski definition) is 4. The van der Waals surface area contributed by atoms with Gasteiger partial charge in [0.2, 0.25) is 0 Å². The summed E-state index contributed by atoms with van der Waals surface area (Å²) in [4.78, 5) is 10.0. The maximum atomic E-state index is 8.91. The van der Waals surface area contributed by atoms with Crippen molar-refractivity contribution in [2.24, 2.45) is 10.8 Å². The van der Waals surface area contributed by atoms with Crippen LogP contribution in [-0.4, -0.2) is 54.3 Å². The van der Waals surface area contributed by atoms with Gasteiger partial charge in [-0.1, -0.05) is 58.1 Å². The number of fused-ring (bicyclic) bond motifs is 1. The van der Waals surface area contributed by atoms with E-state index in [1.807, 2.05) is 0 Å². The van der Waals surface area contributed by atoms with E-state index in [1.165, 1.54) is 43.4 Å². The van der Waals surface area contributed by atoms with Crippen molar-refractivity contribution in [1.29, 1.82) is 0 Å². The lowest BCUT2D eigenvalue weighted by Crippen LogP contribution is -2.46. The Bertz CT molecular complexity index is 982. The van der Waals surface area contributed by atoms with Crippen LogP contribution in [0.5, 0.6) is 0 Å². The summed E-state index contributed by atoms with van der Waals surface area (Å²) in [5, 5.41) is 8.91. The molecule has 1 N–H and O–H groups in total. The first-order valence-electron chi connectivity index (χ1n) is 12.8. The molecule has 0 radical (unpaired) electrons. The van der Waals surface area contributed by atoms with Crippen LogP contribution in [0.2, 0.25) is 0 Å². The molecule has 178 valence electrons. The minimum atomic E-state index is 0.160. The van der Waals surface area contributed by atoms with Crippen LogP contribution in [-0.2, 0) is 0 Å². The van der Waals surface area contributed by atoms with Gasteiger partial charge in [0, 0.05) is 38.4 Å². The Hall–Kier alpha value is -2.09. The highest BCUT2D eigenvalue weighted by molar-refractivity contribution is 5.76. The Morgan fingerprint density at radius 1 is 0.909 bits per heavy atom. The number of pyridine rings is 1. The second-order valence-electron chi connectivity index (χ2n) is 11.2. The van der Waals surface area contributed by atoms with Crippen molar-refractivity contribution >= 4 is 11.4 Å². The summed E-state index contributed by atoms with van der Waals surface area (Å²) >= 11 is 0. The number of aromatic nitrogens is 1. The Kier molecular flexibility index (Phi) is 7.31. The average molecular weight is 448 g/mol. The van der Waals surface area contributed by atoms with Crippen LogP contribution in [0, 0.1) is 10.8 Å². The molecule has 0 amide bonds. The number of nitrogens with zero attached hydrogens (tertiary/aromatic N) is 3. The summed E-state index contributed by atoms with van der Waals surface area (Å²) in [5.41, 5.74) is 12.1. The van der Waals surface area contributed by atoms with E-state index in [0.717, 1.165) is 56.1 Å². The van der Waals surface area contributed by atoms with Gasteiger partial charge in [0.1, 0.15) is 5.82 Å². The van der Waals surface area contributed by atoms with E-state index in [-0.39, 0.29) is 10.8 Å². The highest BCUT2D eigenvalue weighted by Gasteiger charge is 2.40. The van der Waals surface area contributed by atoms with Crippen LogP contribution in [0.1, 0.15) is 71.9 Å². The van der Waals surface area contributed by atoms with E-state index in [2.05, 4.69) is 73.2 Å². The van der Waals surface area contributed by atoms with Crippen LogP contribution in [0.4, 0.5) is 5.82 Å². The predicted molar refractivity (Wildman–Crippen MR) is 137 cm³/mol. The van der Waals surface area contributed by atoms with E-state index in [9.17, 15) is 0 Å². The summed E-state index contributed by atoms with van der Waals surface area (Å²) < 4.78 is 0. The lowest BCUT2D eigenvalue weighted by molar-refractivity contribution is 0.247. The van der Waals surface area contributed by atoms with Crippen molar-refractivity contribution in [2.75, 3.05) is 44.2 Å². The normalized spacial score (nSPS) is 21.8. The number of unbranched alkanes of at least 4 members (excludes halogenated alkanes) is 3. The molecule has 1 aliphatic heterocycles. The van der Waals surface area contributed by atoms with Gasteiger partial charge in [-0.2, -0.15) is 0 Å². The van der Waals surface area contributed by atoms with Crippen LogP contribution in [0.25, 0.3) is 5.57 Å². The molecule has 1 aromatic heterocycles. The first-order chi connectivity index (χ1) is 15.8. The van der Waals surface area contributed by atoms with Crippen molar-refractivity contribution in [1.82, 2.24) is 9.88 Å². The standard InChI is InChI=1S/C29H41N3O/c1-28(2)14-15-29(3,4)25-22-23(12-13-24(25)28)26-10-9-11-27(30-26)32-19-17-31(18-20-32)16-7-5-6-8-21-33/h9-11,22,33H,5-8,14-21H2,1-4H3. The third-order valence-corrected chi connectivity index (χ3v) is 7.75. The van der Waals surface area contributed by atoms with E-state index >= 15 is 0 Å². The van der Waals surface area contributed by atoms with Gasteiger partial charge in [0.05, 0.1) is 11.3 Å². The molecule has 1 saturated heterocycles. The van der Waals surface area contributed by atoms with Crippen LogP contribution in [0.15, 0.2) is 46.9 Å². The van der Waals surface area contributed by atoms with Gasteiger partial charge in [-0.05, 0) is 66.8 Å². The summed E-state index contributed by atoms with van der Waals surface area (Å²) in [5.74, 6) is 1.07. The zero-order valence-electron chi connectivity index (χ0n) is 21.1. The highest BCUT2D eigenvalue weighted by Crippen LogP contribution is 2.52. The lowest BCUT2D eigenvalue weighted by Gasteiger charge is -2.43. The molecule has 2 heterocycles. The quantitative estimate of drug-likeness (QED) is 0.415. The third kappa shape index (κ3) is 5.53. The fourth-order valence-electron chi connectivity index (χ4n) is 5.29. The Morgan fingerprint density at radius 2 is 1.64 bits per heavy atom. The lowest BCUT2D eigenvalue weighted by atomic mass is 9.60. The molecule has 0 unspecified atom stereocenters. The molecule has 2 fully saturated rings. The fourth-order valence-corrected chi connectivity index (χ4v) is 5.29. The van der Waals surface area contributed by atoms with Crippen molar-refractivity contribution in [3.05, 3.63) is 52.6 Å². The molecular formula is C29H41N3O. The van der Waals surface area contributed by atoms with Gasteiger partial charge in [-0.15, -0.1) is 0 Å². The van der Waals surface area contributed by atoms with E-state index in [1.54, 1.807) is 0 Å². The second kappa shape index (κ2) is 10.0. The molecule has 1 aromatic rings. The Labute approximate surface area is 200 Å². The van der Waals surface area contributed by atoms with Crippen LogP contribution in [0.3, 0.4) is 0 Å². The van der Waals surface area contributed by atoms with Crippen molar-refractivity contribution in [3.8, 4) is 0 Å². The van der Waals surface area contributed by atoms with Gasteiger partial charge < -0.3 is 10.0 Å². The maximum absolute atomic E-state index is 8.91. The molecule has 4 heteroatoms. The number of hydrogen-bond donors (Lipinski definition) is 1. The maximum Gasteiger partial charge on any atom is 0.129 e. The van der Waals surface area contributed by atoms with Crippen LogP contribution >= 0.6 is 0 Å². The monoisotopic (exact) mass is 447 g/mol. The molecule has 33 heavy (non-hydrogen) atoms. The van der Waals surface area contributed by atoms with Crippen molar-refractivity contribution in [3.63, 3.8) is 0 Å². The van der Waals surface area contributed by atoms with Crippen molar-refractivity contribution in [2.45, 2.75) is 66.2 Å². The molecule has 2 aliphatic carbocycles. The molecular weight excluding hydrogens is 406 g/mol. The number of rotatable bonds is 8. The summed E-state index contributed by atoms with van der Waals surface area (Å²) in [6, 6.07) is 6.38. The molecule has 0 atom stereocenters. The number of aliphatic hydroxyl groups excluding tert-OH is 1. The first-order valence-corrected chi connectivity index (χ1v) is 12.8. The molecule has 4 nitrogen and oxygen atoms in total. The third-order valence-electron chi connectivity index (χ3n) is 7.75. The Balaban J connectivity index is 1.45. The smallest absolute Gasteiger partial charge is 0.129 e. The highest BCUT2D eigenvalue weighted by atomic mass is 16.2. The molecule has 0 aromatic carbocycles. The SMILES string of the molecule is CC1(C)CCC(C)(C)C2=CC(c3cccc(N4CCN(CCCCCCO)CC4)n3)=C=C=C21. The summed E-state index contributed by atoms with van der Waals surface area (Å²) in [6.45, 7) is 15.1. The zero-order chi connectivity index (χ0) is 23.5. The van der Waals surface area contributed by atoms with E-state index in [0.29, 0.717) is 6.61 Å². The van der Waals surface area contributed by atoms with Crippen LogP contribution < -0.4 is 4.90 Å². The summed E-state index contributed by atoms with van der Waals surface area (Å²) in [6.07, 6.45) is 9.23. The average Bonchev–Trinajstić information content (AvgIpc) is 2.82. The van der Waals surface area contributed by atoms with E-state index < -0.39 is 0 Å². The number of allylic oxidation sites excluding steroid dienone is 4. The van der Waals surface area contributed by atoms with Gasteiger partial charge in [-0.3, -0.25) is 4.90 Å². The minimum absolute atomic E-state index is 0.160.